The molecule has 1 amide bonds. The van der Waals surface area contributed by atoms with Crippen molar-refractivity contribution in [1.82, 2.24) is 29.3 Å². The van der Waals surface area contributed by atoms with Gasteiger partial charge >= 0.3 is 6.18 Å². The third kappa shape index (κ3) is 6.02. The Bertz CT molecular complexity index is 1390. The molecule has 1 N–H and O–H groups in total. The fraction of sp³-hybridized carbons (Fsp3) is 0.320. The Hall–Kier alpha value is -4.06. The van der Waals surface area contributed by atoms with E-state index in [1.54, 1.807) is 54.3 Å². The van der Waals surface area contributed by atoms with E-state index in [0.29, 0.717) is 23.0 Å². The fourth-order valence-electron chi connectivity index (χ4n) is 3.90. The Morgan fingerprint density at radius 2 is 2.03 bits per heavy atom. The number of carbonyl (C=O) groups is 1. The summed E-state index contributed by atoms with van der Waals surface area (Å²) >= 11 is 0. The first-order chi connectivity index (χ1) is 17.8. The fourth-order valence-corrected chi connectivity index (χ4v) is 3.90. The molecule has 0 bridgehead atoms. The number of imidazole rings is 1. The van der Waals surface area contributed by atoms with E-state index in [4.69, 9.17) is 4.74 Å². The van der Waals surface area contributed by atoms with Gasteiger partial charge in [-0.05, 0) is 44.0 Å². The number of amides is 1. The van der Waals surface area contributed by atoms with E-state index in [2.05, 4.69) is 25.5 Å². The van der Waals surface area contributed by atoms with Crippen LogP contribution in [-0.4, -0.2) is 54.6 Å². The van der Waals surface area contributed by atoms with Gasteiger partial charge in [-0.2, -0.15) is 13.2 Å². The molecule has 192 valence electrons. The van der Waals surface area contributed by atoms with Gasteiger partial charge in [0.25, 0.3) is 5.91 Å². The lowest BCUT2D eigenvalue weighted by Crippen LogP contribution is -2.21. The Morgan fingerprint density at radius 1 is 1.19 bits per heavy atom. The number of nitrogens with zero attached hydrogens (tertiary/aromatic N) is 6. The van der Waals surface area contributed by atoms with Crippen LogP contribution in [0.3, 0.4) is 0 Å². The molecule has 12 heteroatoms. The first-order valence-electron chi connectivity index (χ1n) is 11.7. The monoisotopic (exact) mass is 511 g/mol. The Kier molecular flexibility index (Phi) is 6.74. The smallest absolute Gasteiger partial charge is 0.370 e. The number of rotatable bonds is 9. The highest BCUT2D eigenvalue weighted by atomic mass is 19.4. The molecule has 0 aliphatic heterocycles. The van der Waals surface area contributed by atoms with Gasteiger partial charge in [-0.3, -0.25) is 9.78 Å². The second-order valence-corrected chi connectivity index (χ2v) is 8.96. The summed E-state index contributed by atoms with van der Waals surface area (Å²) in [6, 6.07) is 10.0. The standard InChI is InChI=1S/C25H24F3N7O2/c1-16(12-37-13-25(26,27)28)35-15-31-33-23(35)18-3-2-4-19(9-18)32-24(36)21-10-20(7-8-29-21)34-11-22(30-14-34)17-5-6-17/h2-4,7-11,14-17H,5-6,12-13H2,1H3,(H,32,36). The summed E-state index contributed by atoms with van der Waals surface area (Å²) in [6.45, 7) is 0.220. The number of benzene rings is 1. The van der Waals surface area contributed by atoms with E-state index < -0.39 is 24.7 Å². The van der Waals surface area contributed by atoms with Crippen LogP contribution in [0.2, 0.25) is 0 Å². The molecule has 0 spiro atoms. The van der Waals surface area contributed by atoms with Crippen molar-refractivity contribution in [2.45, 2.75) is 37.9 Å². The molecule has 1 saturated carbocycles. The van der Waals surface area contributed by atoms with Gasteiger partial charge in [0, 0.05) is 29.6 Å². The lowest BCUT2D eigenvalue weighted by molar-refractivity contribution is -0.175. The van der Waals surface area contributed by atoms with Crippen molar-refractivity contribution in [1.29, 1.82) is 0 Å². The van der Waals surface area contributed by atoms with Gasteiger partial charge in [-0.25, -0.2) is 4.98 Å². The number of alkyl halides is 3. The second-order valence-electron chi connectivity index (χ2n) is 8.96. The van der Waals surface area contributed by atoms with E-state index in [9.17, 15) is 18.0 Å². The number of carbonyl (C=O) groups excluding carboxylic acids is 1. The minimum absolute atomic E-state index is 0.165. The van der Waals surface area contributed by atoms with Crippen molar-refractivity contribution < 1.29 is 22.7 Å². The first kappa shape index (κ1) is 24.6. The quantitative estimate of drug-likeness (QED) is 0.347. The number of hydrogen-bond donors (Lipinski definition) is 1. The average molecular weight is 512 g/mol. The van der Waals surface area contributed by atoms with Gasteiger partial charge < -0.3 is 19.2 Å². The molecule has 9 nitrogen and oxygen atoms in total. The molecular formula is C25H24F3N7O2. The molecule has 1 unspecified atom stereocenters. The number of aromatic nitrogens is 6. The van der Waals surface area contributed by atoms with Gasteiger partial charge in [0.05, 0.1) is 30.4 Å². The molecule has 1 atom stereocenters. The van der Waals surface area contributed by atoms with Crippen molar-refractivity contribution in [2.24, 2.45) is 0 Å². The van der Waals surface area contributed by atoms with E-state index in [1.807, 2.05) is 16.8 Å². The average Bonchev–Trinajstić information content (AvgIpc) is 3.39. The molecule has 0 radical (unpaired) electrons. The molecule has 5 rings (SSSR count). The molecule has 1 aliphatic carbocycles. The summed E-state index contributed by atoms with van der Waals surface area (Å²) < 4.78 is 45.5. The van der Waals surface area contributed by atoms with Crippen LogP contribution in [0.1, 0.15) is 47.9 Å². The zero-order valence-corrected chi connectivity index (χ0v) is 19.9. The van der Waals surface area contributed by atoms with Crippen LogP contribution in [0.4, 0.5) is 18.9 Å². The van der Waals surface area contributed by atoms with Gasteiger partial charge in [0.2, 0.25) is 0 Å². The van der Waals surface area contributed by atoms with E-state index in [1.165, 1.54) is 6.33 Å². The SMILES string of the molecule is CC(COCC(F)(F)F)n1cnnc1-c1cccc(NC(=O)c2cc(-n3cnc(C4CC4)c3)ccn2)c1. The highest BCUT2D eigenvalue weighted by Crippen LogP contribution is 2.39. The summed E-state index contributed by atoms with van der Waals surface area (Å²) in [5.74, 6) is 0.571. The summed E-state index contributed by atoms with van der Waals surface area (Å²) in [6.07, 6.45) is 4.63. The number of pyridine rings is 1. The minimum atomic E-state index is -4.39. The van der Waals surface area contributed by atoms with E-state index in [0.717, 1.165) is 24.2 Å². The maximum absolute atomic E-state index is 13.0. The summed E-state index contributed by atoms with van der Waals surface area (Å²) in [5.41, 5.74) is 3.20. The second kappa shape index (κ2) is 10.1. The Morgan fingerprint density at radius 3 is 2.81 bits per heavy atom. The highest BCUT2D eigenvalue weighted by Gasteiger charge is 2.28. The lowest BCUT2D eigenvalue weighted by atomic mass is 10.1. The van der Waals surface area contributed by atoms with Gasteiger partial charge in [0.1, 0.15) is 18.6 Å². The Balaban J connectivity index is 1.28. The predicted molar refractivity (Wildman–Crippen MR) is 128 cm³/mol. The van der Waals surface area contributed by atoms with Crippen molar-refractivity contribution in [3.8, 4) is 17.1 Å². The molecular weight excluding hydrogens is 487 g/mol. The maximum Gasteiger partial charge on any atom is 0.411 e. The molecule has 1 aliphatic rings. The van der Waals surface area contributed by atoms with Crippen molar-refractivity contribution in [2.75, 3.05) is 18.5 Å². The van der Waals surface area contributed by atoms with Crippen molar-refractivity contribution in [3.63, 3.8) is 0 Å². The Labute approximate surface area is 210 Å². The van der Waals surface area contributed by atoms with E-state index >= 15 is 0 Å². The maximum atomic E-state index is 13.0. The zero-order chi connectivity index (χ0) is 26.0. The number of ether oxygens (including phenoxy) is 1. The van der Waals surface area contributed by atoms with Crippen LogP contribution < -0.4 is 5.32 Å². The largest absolute Gasteiger partial charge is 0.411 e. The van der Waals surface area contributed by atoms with Gasteiger partial charge in [-0.1, -0.05) is 12.1 Å². The van der Waals surface area contributed by atoms with E-state index in [-0.39, 0.29) is 12.3 Å². The summed E-state index contributed by atoms with van der Waals surface area (Å²) in [7, 11) is 0. The van der Waals surface area contributed by atoms with Crippen LogP contribution in [0, 0.1) is 0 Å². The molecule has 4 aromatic rings. The molecule has 37 heavy (non-hydrogen) atoms. The zero-order valence-electron chi connectivity index (χ0n) is 19.9. The topological polar surface area (TPSA) is 99.8 Å². The number of nitrogens with one attached hydrogen (secondary N) is 1. The molecule has 1 fully saturated rings. The van der Waals surface area contributed by atoms with Crippen LogP contribution in [0.15, 0.2) is 61.4 Å². The number of hydrogen-bond acceptors (Lipinski definition) is 6. The van der Waals surface area contributed by atoms with Crippen molar-refractivity contribution >= 4 is 11.6 Å². The van der Waals surface area contributed by atoms with Crippen LogP contribution in [0.25, 0.3) is 17.1 Å². The van der Waals surface area contributed by atoms with Crippen LogP contribution in [-0.2, 0) is 4.74 Å². The van der Waals surface area contributed by atoms with Gasteiger partial charge in [0.15, 0.2) is 5.82 Å². The lowest BCUT2D eigenvalue weighted by Gasteiger charge is -2.17. The number of halogens is 3. The first-order valence-corrected chi connectivity index (χ1v) is 11.7. The van der Waals surface area contributed by atoms with Crippen molar-refractivity contribution in [3.05, 3.63) is 72.8 Å². The summed E-state index contributed by atoms with van der Waals surface area (Å²) in [5, 5.41) is 10.8. The van der Waals surface area contributed by atoms with Crippen LogP contribution in [0.5, 0.6) is 0 Å². The minimum Gasteiger partial charge on any atom is -0.370 e. The molecule has 3 heterocycles. The third-order valence-electron chi connectivity index (χ3n) is 5.92. The normalized spacial score (nSPS) is 14.5. The highest BCUT2D eigenvalue weighted by molar-refractivity contribution is 6.03. The predicted octanol–water partition coefficient (Wildman–Crippen LogP) is 4.80. The number of anilines is 1. The van der Waals surface area contributed by atoms with Gasteiger partial charge in [-0.15, -0.1) is 10.2 Å². The molecule has 0 saturated heterocycles. The summed E-state index contributed by atoms with van der Waals surface area (Å²) in [4.78, 5) is 21.6. The van der Waals surface area contributed by atoms with Crippen LogP contribution >= 0.6 is 0 Å². The third-order valence-corrected chi connectivity index (χ3v) is 5.92. The molecule has 1 aromatic carbocycles. The molecule has 3 aromatic heterocycles.